The van der Waals surface area contributed by atoms with E-state index in [1.54, 1.807) is 6.20 Å². The first-order valence-electron chi connectivity index (χ1n) is 9.18. The van der Waals surface area contributed by atoms with Gasteiger partial charge in [-0.3, -0.25) is 0 Å². The highest BCUT2D eigenvalue weighted by Gasteiger charge is 2.13. The van der Waals surface area contributed by atoms with Gasteiger partial charge in [0.1, 0.15) is 0 Å². The first-order chi connectivity index (χ1) is 13.8. The van der Waals surface area contributed by atoms with Crippen LogP contribution < -0.4 is 10.2 Å². The molecule has 0 aliphatic carbocycles. The second-order valence-electron chi connectivity index (χ2n) is 6.49. The van der Waals surface area contributed by atoms with Crippen molar-refractivity contribution in [2.24, 2.45) is 0 Å². The van der Waals surface area contributed by atoms with Gasteiger partial charge in [0.2, 0.25) is 5.95 Å². The zero-order chi connectivity index (χ0) is 19.2. The first kappa shape index (κ1) is 17.7. The number of nitrogens with one attached hydrogen (secondary N) is 1. The van der Waals surface area contributed by atoms with E-state index in [-0.39, 0.29) is 0 Å². The van der Waals surface area contributed by atoms with Gasteiger partial charge in [-0.1, -0.05) is 66.7 Å². The number of hydrogen-bond donors (Lipinski definition) is 1. The van der Waals surface area contributed by atoms with Gasteiger partial charge in [-0.15, -0.1) is 5.10 Å². The summed E-state index contributed by atoms with van der Waals surface area (Å²) in [5, 5.41) is 11.6. The van der Waals surface area contributed by atoms with Crippen molar-refractivity contribution in [3.63, 3.8) is 0 Å². The molecule has 0 radical (unpaired) electrons. The van der Waals surface area contributed by atoms with Crippen LogP contribution in [0.15, 0.2) is 91.1 Å². The predicted molar refractivity (Wildman–Crippen MR) is 113 cm³/mol. The lowest BCUT2D eigenvalue weighted by atomic mass is 10.2. The van der Waals surface area contributed by atoms with Crippen LogP contribution in [0.1, 0.15) is 11.1 Å². The monoisotopic (exact) mass is 367 g/mol. The average Bonchev–Trinajstić information content (AvgIpc) is 2.75. The summed E-state index contributed by atoms with van der Waals surface area (Å²) in [4.78, 5) is 6.86. The summed E-state index contributed by atoms with van der Waals surface area (Å²) in [7, 11) is 0. The fraction of sp³-hybridized carbons (Fsp3) is 0.0870. The van der Waals surface area contributed by atoms with E-state index in [2.05, 4.69) is 44.7 Å². The molecule has 28 heavy (non-hydrogen) atoms. The molecule has 0 amide bonds. The molecule has 0 saturated heterocycles. The molecule has 5 heteroatoms. The first-order valence-corrected chi connectivity index (χ1v) is 9.18. The molecule has 1 heterocycles. The van der Waals surface area contributed by atoms with E-state index in [1.165, 1.54) is 5.56 Å². The van der Waals surface area contributed by atoms with Crippen LogP contribution in [0, 0.1) is 6.92 Å². The van der Waals surface area contributed by atoms with Crippen LogP contribution in [0.5, 0.6) is 0 Å². The van der Waals surface area contributed by atoms with Gasteiger partial charge >= 0.3 is 0 Å². The van der Waals surface area contributed by atoms with Crippen LogP contribution in [0.2, 0.25) is 0 Å². The smallest absolute Gasteiger partial charge is 0.249 e. The highest BCUT2D eigenvalue weighted by molar-refractivity contribution is 5.62. The molecule has 5 nitrogen and oxygen atoms in total. The molecule has 0 saturated carbocycles. The third kappa shape index (κ3) is 4.15. The van der Waals surface area contributed by atoms with Crippen molar-refractivity contribution in [2.45, 2.75) is 13.5 Å². The zero-order valence-corrected chi connectivity index (χ0v) is 15.7. The molecule has 1 N–H and O–H groups in total. The summed E-state index contributed by atoms with van der Waals surface area (Å²) >= 11 is 0. The maximum atomic E-state index is 4.72. The van der Waals surface area contributed by atoms with E-state index < -0.39 is 0 Å². The highest BCUT2D eigenvalue weighted by atomic mass is 15.3. The Labute approximate surface area is 164 Å². The van der Waals surface area contributed by atoms with Gasteiger partial charge in [-0.2, -0.15) is 10.1 Å². The van der Waals surface area contributed by atoms with Gasteiger partial charge in [0.15, 0.2) is 5.82 Å². The van der Waals surface area contributed by atoms with Crippen LogP contribution in [0.3, 0.4) is 0 Å². The van der Waals surface area contributed by atoms with Crippen LogP contribution in [-0.2, 0) is 6.54 Å². The van der Waals surface area contributed by atoms with E-state index in [4.69, 9.17) is 4.98 Å². The highest BCUT2D eigenvalue weighted by Crippen LogP contribution is 2.26. The number of anilines is 4. The summed E-state index contributed by atoms with van der Waals surface area (Å²) < 4.78 is 0. The Morgan fingerprint density at radius 2 is 1.50 bits per heavy atom. The molecule has 4 aromatic rings. The van der Waals surface area contributed by atoms with E-state index >= 15 is 0 Å². The van der Waals surface area contributed by atoms with Crippen molar-refractivity contribution >= 4 is 23.1 Å². The van der Waals surface area contributed by atoms with Crippen molar-refractivity contribution in [1.29, 1.82) is 0 Å². The van der Waals surface area contributed by atoms with E-state index in [0.717, 1.165) is 22.8 Å². The third-order valence-electron chi connectivity index (χ3n) is 4.47. The Morgan fingerprint density at radius 3 is 2.25 bits per heavy atom. The second kappa shape index (κ2) is 8.31. The number of aromatic nitrogens is 3. The minimum atomic E-state index is 0.473. The minimum Gasteiger partial charge on any atom is -0.323 e. The van der Waals surface area contributed by atoms with Gasteiger partial charge in [-0.25, -0.2) is 0 Å². The molecule has 0 fully saturated rings. The molecule has 138 valence electrons. The molecule has 0 unspecified atom stereocenters. The quantitative estimate of drug-likeness (QED) is 0.504. The topological polar surface area (TPSA) is 53.9 Å². The SMILES string of the molecule is Cc1ccccc1Nc1nncc(N(Cc2ccccc2)c2ccccc2)n1. The average molecular weight is 367 g/mol. The van der Waals surface area contributed by atoms with Crippen LogP contribution in [-0.4, -0.2) is 15.2 Å². The number of hydrogen-bond acceptors (Lipinski definition) is 5. The minimum absolute atomic E-state index is 0.473. The zero-order valence-electron chi connectivity index (χ0n) is 15.7. The van der Waals surface area contributed by atoms with Gasteiger partial charge < -0.3 is 10.2 Å². The summed E-state index contributed by atoms with van der Waals surface area (Å²) in [6.45, 7) is 2.73. The lowest BCUT2D eigenvalue weighted by Gasteiger charge is -2.24. The van der Waals surface area contributed by atoms with Gasteiger partial charge in [0.05, 0.1) is 6.20 Å². The molecule has 0 aliphatic heterocycles. The van der Waals surface area contributed by atoms with Crippen LogP contribution >= 0.6 is 0 Å². The molecule has 0 aliphatic rings. The fourth-order valence-corrected chi connectivity index (χ4v) is 2.99. The Morgan fingerprint density at radius 1 is 0.821 bits per heavy atom. The Balaban J connectivity index is 1.67. The van der Waals surface area contributed by atoms with Crippen LogP contribution in [0.4, 0.5) is 23.1 Å². The van der Waals surface area contributed by atoms with Gasteiger partial charge in [0, 0.05) is 17.9 Å². The maximum Gasteiger partial charge on any atom is 0.249 e. The fourth-order valence-electron chi connectivity index (χ4n) is 2.99. The summed E-state index contributed by atoms with van der Waals surface area (Å²) in [5.41, 5.74) is 4.34. The van der Waals surface area contributed by atoms with Crippen molar-refractivity contribution in [3.05, 3.63) is 102 Å². The largest absolute Gasteiger partial charge is 0.323 e. The number of benzene rings is 3. The normalized spacial score (nSPS) is 10.5. The standard InChI is InChI=1S/C23H21N5/c1-18-10-8-9-15-21(18)25-23-26-22(16-24-27-23)28(20-13-6-3-7-14-20)17-19-11-4-2-5-12-19/h2-16H,17H2,1H3,(H,25,26,27). The third-order valence-corrected chi connectivity index (χ3v) is 4.47. The van der Waals surface area contributed by atoms with E-state index in [9.17, 15) is 0 Å². The number of aryl methyl sites for hydroxylation is 1. The second-order valence-corrected chi connectivity index (χ2v) is 6.49. The van der Waals surface area contributed by atoms with Gasteiger partial charge in [-0.05, 0) is 36.2 Å². The molecular formula is C23H21N5. The van der Waals surface area contributed by atoms with Crippen molar-refractivity contribution in [3.8, 4) is 0 Å². The predicted octanol–water partition coefficient (Wildman–Crippen LogP) is 5.26. The number of para-hydroxylation sites is 2. The van der Waals surface area contributed by atoms with Gasteiger partial charge in [0.25, 0.3) is 0 Å². The summed E-state index contributed by atoms with van der Waals surface area (Å²) in [5.74, 6) is 1.21. The Kier molecular flexibility index (Phi) is 5.24. The summed E-state index contributed by atoms with van der Waals surface area (Å²) in [6.07, 6.45) is 1.69. The van der Waals surface area contributed by atoms with Crippen molar-refractivity contribution in [2.75, 3.05) is 10.2 Å². The molecular weight excluding hydrogens is 346 g/mol. The molecule has 0 atom stereocenters. The molecule has 4 rings (SSSR count). The maximum absolute atomic E-state index is 4.72. The number of nitrogens with zero attached hydrogens (tertiary/aromatic N) is 4. The van der Waals surface area contributed by atoms with Crippen LogP contribution in [0.25, 0.3) is 0 Å². The summed E-state index contributed by atoms with van der Waals surface area (Å²) in [6, 6.07) is 28.6. The van der Waals surface area contributed by atoms with Crippen molar-refractivity contribution < 1.29 is 0 Å². The molecule has 3 aromatic carbocycles. The van der Waals surface area contributed by atoms with E-state index in [0.29, 0.717) is 12.5 Å². The number of rotatable bonds is 6. The molecule has 0 bridgehead atoms. The Hall–Kier alpha value is -3.73. The lowest BCUT2D eigenvalue weighted by molar-refractivity contribution is 0.900. The van der Waals surface area contributed by atoms with E-state index in [1.807, 2.05) is 67.6 Å². The Bertz CT molecular complexity index is 1030. The lowest BCUT2D eigenvalue weighted by Crippen LogP contribution is -2.18. The molecule has 0 spiro atoms. The molecule has 1 aromatic heterocycles. The van der Waals surface area contributed by atoms with Crippen molar-refractivity contribution in [1.82, 2.24) is 15.2 Å².